The summed E-state index contributed by atoms with van der Waals surface area (Å²) >= 11 is 5.23. The molecule has 0 saturated carbocycles. The number of hydrogen-bond acceptors (Lipinski definition) is 2. The van der Waals surface area contributed by atoms with Crippen LogP contribution in [-0.2, 0) is 0 Å². The molecule has 0 aromatic rings. The van der Waals surface area contributed by atoms with E-state index in [0.29, 0.717) is 0 Å². The van der Waals surface area contributed by atoms with Crippen molar-refractivity contribution in [2.75, 3.05) is 6.26 Å². The van der Waals surface area contributed by atoms with Crippen molar-refractivity contribution in [3.63, 3.8) is 0 Å². The Hall–Kier alpha value is 0.240. The van der Waals surface area contributed by atoms with Crippen molar-refractivity contribution in [2.45, 2.75) is 17.7 Å². The van der Waals surface area contributed by atoms with Gasteiger partial charge in [-0.3, -0.25) is 4.99 Å². The molecular weight excluding hydrogens is 210 g/mol. The lowest BCUT2D eigenvalue weighted by Crippen LogP contribution is -2.18. The van der Waals surface area contributed by atoms with Crippen molar-refractivity contribution in [1.29, 1.82) is 0 Å². The molecule has 3 heteroatoms. The second kappa shape index (κ2) is 3.09. The number of allylic oxidation sites excluding steroid dienone is 1. The molecule has 0 amide bonds. The van der Waals surface area contributed by atoms with E-state index >= 15 is 0 Å². The van der Waals surface area contributed by atoms with Crippen LogP contribution in [-0.4, -0.2) is 16.8 Å². The standard InChI is InChI=1S/C7H10BrNS/c1-7(8)4-3-6(10-2)9-5-7/h3,5H,4H2,1-2H3. The van der Waals surface area contributed by atoms with Crippen molar-refractivity contribution in [3.8, 4) is 0 Å². The summed E-state index contributed by atoms with van der Waals surface area (Å²) in [6.07, 6.45) is 7.19. The number of alkyl halides is 1. The van der Waals surface area contributed by atoms with E-state index in [0.717, 1.165) is 11.4 Å². The largest absolute Gasteiger partial charge is 0.253 e. The third kappa shape index (κ3) is 2.13. The lowest BCUT2D eigenvalue weighted by atomic mass is 10.1. The van der Waals surface area contributed by atoms with Crippen LogP contribution in [0.25, 0.3) is 0 Å². The molecule has 1 unspecified atom stereocenters. The second-order valence-electron chi connectivity index (χ2n) is 2.49. The zero-order chi connectivity index (χ0) is 7.61. The Morgan fingerprint density at radius 1 is 1.80 bits per heavy atom. The third-order valence-electron chi connectivity index (χ3n) is 1.35. The zero-order valence-corrected chi connectivity index (χ0v) is 8.50. The van der Waals surface area contributed by atoms with E-state index in [1.165, 1.54) is 0 Å². The summed E-state index contributed by atoms with van der Waals surface area (Å²) in [6.45, 7) is 2.12. The van der Waals surface area contributed by atoms with Crippen LogP contribution in [0.2, 0.25) is 0 Å². The summed E-state index contributed by atoms with van der Waals surface area (Å²) in [6, 6.07) is 0. The maximum atomic E-state index is 4.25. The first-order chi connectivity index (χ1) is 4.64. The predicted molar refractivity (Wildman–Crippen MR) is 52.0 cm³/mol. The Bertz CT molecular complexity index is 184. The number of nitrogens with zero attached hydrogens (tertiary/aromatic N) is 1. The van der Waals surface area contributed by atoms with E-state index in [1.54, 1.807) is 11.8 Å². The Morgan fingerprint density at radius 2 is 2.50 bits per heavy atom. The monoisotopic (exact) mass is 219 g/mol. The molecule has 0 N–H and O–H groups in total. The fourth-order valence-corrected chi connectivity index (χ4v) is 1.40. The summed E-state index contributed by atoms with van der Waals surface area (Å²) in [7, 11) is 0. The SMILES string of the molecule is CSC1=CCC(C)(Br)C=N1. The highest BCUT2D eigenvalue weighted by molar-refractivity contribution is 9.10. The highest BCUT2D eigenvalue weighted by Crippen LogP contribution is 2.28. The zero-order valence-electron chi connectivity index (χ0n) is 6.10. The van der Waals surface area contributed by atoms with Gasteiger partial charge in [-0.05, 0) is 19.6 Å². The van der Waals surface area contributed by atoms with Gasteiger partial charge in [-0.2, -0.15) is 0 Å². The van der Waals surface area contributed by atoms with E-state index in [4.69, 9.17) is 0 Å². The number of hydrogen-bond donors (Lipinski definition) is 0. The minimum Gasteiger partial charge on any atom is -0.253 e. The predicted octanol–water partition coefficient (Wildman–Crippen LogP) is 2.82. The van der Waals surface area contributed by atoms with Gasteiger partial charge in [0.1, 0.15) is 0 Å². The Balaban J connectivity index is 2.63. The van der Waals surface area contributed by atoms with Crippen molar-refractivity contribution in [2.24, 2.45) is 4.99 Å². The topological polar surface area (TPSA) is 12.4 Å². The van der Waals surface area contributed by atoms with Gasteiger partial charge >= 0.3 is 0 Å². The average Bonchev–Trinajstić information content (AvgIpc) is 1.88. The maximum absolute atomic E-state index is 4.25. The van der Waals surface area contributed by atoms with Crippen LogP contribution in [0.3, 0.4) is 0 Å². The molecule has 0 fully saturated rings. The van der Waals surface area contributed by atoms with Crippen LogP contribution in [0.1, 0.15) is 13.3 Å². The minimum absolute atomic E-state index is 0.0895. The smallest absolute Gasteiger partial charge is 0.0914 e. The van der Waals surface area contributed by atoms with Gasteiger partial charge in [0, 0.05) is 6.21 Å². The van der Waals surface area contributed by atoms with E-state index in [-0.39, 0.29) is 4.32 Å². The van der Waals surface area contributed by atoms with Crippen LogP contribution in [0.15, 0.2) is 16.1 Å². The first-order valence-corrected chi connectivity index (χ1v) is 5.14. The Morgan fingerprint density at radius 3 is 2.90 bits per heavy atom. The van der Waals surface area contributed by atoms with E-state index in [9.17, 15) is 0 Å². The van der Waals surface area contributed by atoms with Crippen LogP contribution >= 0.6 is 27.7 Å². The number of halogens is 1. The molecule has 0 spiro atoms. The second-order valence-corrected chi connectivity index (χ2v) is 5.12. The van der Waals surface area contributed by atoms with Crippen LogP contribution < -0.4 is 0 Å². The fraction of sp³-hybridized carbons (Fsp3) is 0.571. The molecule has 1 rings (SSSR count). The first kappa shape index (κ1) is 8.34. The summed E-state index contributed by atoms with van der Waals surface area (Å²) in [5.74, 6) is 0. The van der Waals surface area contributed by atoms with Crippen LogP contribution in [0, 0.1) is 0 Å². The lowest BCUT2D eigenvalue weighted by molar-refractivity contribution is 0.868. The van der Waals surface area contributed by atoms with Crippen molar-refractivity contribution in [1.82, 2.24) is 0 Å². The summed E-state index contributed by atoms with van der Waals surface area (Å²) in [5.41, 5.74) is 0. The van der Waals surface area contributed by atoms with Gasteiger partial charge in [0.15, 0.2) is 0 Å². The molecule has 1 heterocycles. The molecule has 1 aliphatic heterocycles. The maximum Gasteiger partial charge on any atom is 0.0914 e. The molecule has 0 aromatic carbocycles. The molecule has 56 valence electrons. The highest BCUT2D eigenvalue weighted by atomic mass is 79.9. The normalized spacial score (nSPS) is 32.1. The van der Waals surface area contributed by atoms with Gasteiger partial charge in [-0.15, -0.1) is 11.8 Å². The third-order valence-corrected chi connectivity index (χ3v) is 2.56. The van der Waals surface area contributed by atoms with Crippen LogP contribution in [0.4, 0.5) is 0 Å². The summed E-state index contributed by atoms with van der Waals surface area (Å²) in [5, 5.41) is 1.12. The molecule has 0 bridgehead atoms. The molecule has 0 aliphatic carbocycles. The van der Waals surface area contributed by atoms with Gasteiger partial charge in [0.05, 0.1) is 9.35 Å². The van der Waals surface area contributed by atoms with Crippen LogP contribution in [0.5, 0.6) is 0 Å². The van der Waals surface area contributed by atoms with Crippen molar-refractivity contribution in [3.05, 3.63) is 11.1 Å². The minimum atomic E-state index is 0.0895. The van der Waals surface area contributed by atoms with Crippen molar-refractivity contribution >= 4 is 33.9 Å². The molecule has 0 radical (unpaired) electrons. The van der Waals surface area contributed by atoms with E-state index < -0.39 is 0 Å². The lowest BCUT2D eigenvalue weighted by Gasteiger charge is -2.18. The molecule has 1 nitrogen and oxygen atoms in total. The summed E-state index contributed by atoms with van der Waals surface area (Å²) < 4.78 is 0.0895. The molecular formula is C7H10BrNS. The van der Waals surface area contributed by atoms with E-state index in [2.05, 4.69) is 33.9 Å². The number of aliphatic imine (C=N–C) groups is 1. The molecule has 0 saturated heterocycles. The van der Waals surface area contributed by atoms with Crippen molar-refractivity contribution < 1.29 is 0 Å². The Labute approximate surface area is 74.1 Å². The highest BCUT2D eigenvalue weighted by Gasteiger charge is 2.18. The van der Waals surface area contributed by atoms with Gasteiger partial charge in [0.25, 0.3) is 0 Å². The number of rotatable bonds is 1. The van der Waals surface area contributed by atoms with E-state index in [1.807, 2.05) is 12.5 Å². The van der Waals surface area contributed by atoms with Gasteiger partial charge in [-0.1, -0.05) is 22.0 Å². The first-order valence-electron chi connectivity index (χ1n) is 3.12. The fourth-order valence-electron chi connectivity index (χ4n) is 0.727. The average molecular weight is 220 g/mol. The quantitative estimate of drug-likeness (QED) is 0.619. The summed E-state index contributed by atoms with van der Waals surface area (Å²) in [4.78, 5) is 4.25. The molecule has 1 aliphatic rings. The molecule has 0 aromatic heterocycles. The van der Waals surface area contributed by atoms with Gasteiger partial charge in [0.2, 0.25) is 0 Å². The van der Waals surface area contributed by atoms with Gasteiger partial charge in [-0.25, -0.2) is 0 Å². The molecule has 10 heavy (non-hydrogen) atoms. The molecule has 1 atom stereocenters. The Kier molecular flexibility index (Phi) is 2.58. The van der Waals surface area contributed by atoms with Gasteiger partial charge < -0.3 is 0 Å². The number of thioether (sulfide) groups is 1.